The first kappa shape index (κ1) is 44.4. The molecule has 1 fully saturated rings. The van der Waals surface area contributed by atoms with E-state index in [2.05, 4.69) is 78.4 Å². The molecule has 0 amide bonds. The molecular weight excluding hydrogens is 616 g/mol. The smallest absolute Gasteiger partial charge is 0.168 e. The van der Waals surface area contributed by atoms with E-state index in [-0.39, 0.29) is 11.9 Å². The summed E-state index contributed by atoms with van der Waals surface area (Å²) in [6.45, 7) is 9.28. The van der Waals surface area contributed by atoms with Gasteiger partial charge in [-0.05, 0) is 77.0 Å². The van der Waals surface area contributed by atoms with E-state index in [0.717, 1.165) is 37.6 Å². The fourth-order valence-electron chi connectivity index (χ4n) is 5.84. The Morgan fingerprint density at radius 1 is 0.511 bits per heavy atom. The van der Waals surface area contributed by atoms with Gasteiger partial charge in [-0.15, -0.1) is 0 Å². The maximum Gasteiger partial charge on any atom is 0.168 e. The van der Waals surface area contributed by atoms with Crippen molar-refractivity contribution in [1.82, 2.24) is 0 Å². The third-order valence-electron chi connectivity index (χ3n) is 8.60. The minimum Gasteiger partial charge on any atom is -0.347 e. The monoisotopic (exact) mass is 693 g/mol. The molecule has 0 aromatic rings. The Balaban J connectivity index is 0.00000947. The molecule has 0 saturated carbocycles. The van der Waals surface area contributed by atoms with Crippen LogP contribution in [-0.4, -0.2) is 23.8 Å². The lowest BCUT2D eigenvalue weighted by Gasteiger charge is -2.28. The Kier molecular flexibility index (Phi) is 35.7. The summed E-state index contributed by atoms with van der Waals surface area (Å²) in [7, 11) is 0. The third-order valence-corrected chi connectivity index (χ3v) is 9.32. The second kappa shape index (κ2) is 36.2. The molecule has 0 aromatic carbocycles. The summed E-state index contributed by atoms with van der Waals surface area (Å²) >= 11 is 3.61. The molecule has 1 heterocycles. The number of ether oxygens (including phenoxy) is 2. The highest BCUT2D eigenvalue weighted by atomic mass is 79.9. The second-order valence-corrected chi connectivity index (χ2v) is 13.4. The van der Waals surface area contributed by atoms with E-state index in [4.69, 9.17) is 9.47 Å². The van der Waals surface area contributed by atoms with E-state index in [0.29, 0.717) is 0 Å². The number of hydrogen-bond acceptors (Lipinski definition) is 2. The van der Waals surface area contributed by atoms with Crippen LogP contribution in [0.25, 0.3) is 0 Å². The predicted molar refractivity (Wildman–Crippen MR) is 207 cm³/mol. The van der Waals surface area contributed by atoms with Crippen LogP contribution in [-0.2, 0) is 9.47 Å². The van der Waals surface area contributed by atoms with Gasteiger partial charge in [0.25, 0.3) is 0 Å². The zero-order valence-corrected chi connectivity index (χ0v) is 32.3. The van der Waals surface area contributed by atoms with Crippen molar-refractivity contribution in [3.05, 3.63) is 48.6 Å². The van der Waals surface area contributed by atoms with Gasteiger partial charge in [0.15, 0.2) is 5.79 Å². The Hall–Kier alpha value is -0.640. The van der Waals surface area contributed by atoms with E-state index < -0.39 is 0 Å². The van der Waals surface area contributed by atoms with Gasteiger partial charge in [0.1, 0.15) is 0 Å². The van der Waals surface area contributed by atoms with Crippen LogP contribution in [0.2, 0.25) is 0 Å². The number of unbranched alkanes of at least 4 members (excludes halogenated alkanes) is 18. The minimum atomic E-state index is -0.317. The highest BCUT2D eigenvalue weighted by Crippen LogP contribution is 2.35. The zero-order chi connectivity index (χ0) is 32.9. The normalized spacial score (nSPS) is 16.5. The summed E-state index contributed by atoms with van der Waals surface area (Å²) in [5, 5.41) is 0.877. The SMILES string of the molecule is CC.CCCCC/C=C\C/C=C\CCCCCCCCC1(CCCCCCCC/C=C\C/C=C\CCCCC)OCC(CBr)O1. The molecule has 2 nitrogen and oxygen atoms in total. The van der Waals surface area contributed by atoms with Gasteiger partial charge in [0, 0.05) is 18.2 Å². The lowest BCUT2D eigenvalue weighted by molar-refractivity contribution is -0.177. The molecule has 264 valence electrons. The van der Waals surface area contributed by atoms with Crippen molar-refractivity contribution in [2.45, 2.75) is 207 Å². The number of halogens is 1. The van der Waals surface area contributed by atoms with Gasteiger partial charge in [0.05, 0.1) is 12.7 Å². The van der Waals surface area contributed by atoms with Crippen molar-refractivity contribution in [3.63, 3.8) is 0 Å². The Labute approximate surface area is 291 Å². The summed E-state index contributed by atoms with van der Waals surface area (Å²) in [5.41, 5.74) is 0. The molecule has 1 aliphatic heterocycles. The summed E-state index contributed by atoms with van der Waals surface area (Å²) in [5.74, 6) is -0.317. The molecule has 0 aromatic heterocycles. The van der Waals surface area contributed by atoms with Crippen molar-refractivity contribution >= 4 is 15.9 Å². The van der Waals surface area contributed by atoms with Gasteiger partial charge in [0.2, 0.25) is 0 Å². The van der Waals surface area contributed by atoms with Crippen LogP contribution in [0, 0.1) is 0 Å². The average Bonchev–Trinajstić information content (AvgIpc) is 3.48. The predicted octanol–water partition coefficient (Wildman–Crippen LogP) is 14.9. The largest absolute Gasteiger partial charge is 0.347 e. The average molecular weight is 694 g/mol. The fraction of sp³-hybridized carbons (Fsp3) is 0.810. The highest BCUT2D eigenvalue weighted by Gasteiger charge is 2.39. The van der Waals surface area contributed by atoms with Crippen LogP contribution in [0.4, 0.5) is 0 Å². The molecule has 1 aliphatic rings. The number of rotatable bonds is 31. The summed E-state index contributed by atoms with van der Waals surface area (Å²) < 4.78 is 12.8. The molecule has 3 heteroatoms. The van der Waals surface area contributed by atoms with E-state index in [1.165, 1.54) is 141 Å². The number of allylic oxidation sites excluding steroid dienone is 8. The molecule has 1 rings (SSSR count). The Morgan fingerprint density at radius 3 is 1.22 bits per heavy atom. The third kappa shape index (κ3) is 29.2. The van der Waals surface area contributed by atoms with Crippen LogP contribution < -0.4 is 0 Å². The maximum absolute atomic E-state index is 6.45. The first-order valence-electron chi connectivity index (χ1n) is 19.7. The van der Waals surface area contributed by atoms with Crippen LogP contribution >= 0.6 is 15.9 Å². The molecule has 1 saturated heterocycles. The van der Waals surface area contributed by atoms with Crippen LogP contribution in [0.15, 0.2) is 48.6 Å². The Bertz CT molecular complexity index is 647. The maximum atomic E-state index is 6.45. The zero-order valence-electron chi connectivity index (χ0n) is 30.7. The molecule has 0 radical (unpaired) electrons. The quantitative estimate of drug-likeness (QED) is 0.0409. The lowest BCUT2D eigenvalue weighted by atomic mass is 9.98. The van der Waals surface area contributed by atoms with Gasteiger partial charge >= 0.3 is 0 Å². The topological polar surface area (TPSA) is 18.5 Å². The lowest BCUT2D eigenvalue weighted by Crippen LogP contribution is -2.31. The first-order valence-corrected chi connectivity index (χ1v) is 20.9. The van der Waals surface area contributed by atoms with Gasteiger partial charge in [-0.2, -0.15) is 0 Å². The summed E-state index contributed by atoms with van der Waals surface area (Å²) in [4.78, 5) is 0. The van der Waals surface area contributed by atoms with Gasteiger partial charge in [-0.3, -0.25) is 0 Å². The van der Waals surface area contributed by atoms with E-state index in [9.17, 15) is 0 Å². The van der Waals surface area contributed by atoms with E-state index in [1.807, 2.05) is 13.8 Å². The molecule has 1 unspecified atom stereocenters. The molecular formula is C42H77BrO2. The second-order valence-electron chi connectivity index (χ2n) is 12.8. The van der Waals surface area contributed by atoms with Crippen molar-refractivity contribution < 1.29 is 9.47 Å². The molecule has 0 N–H and O–H groups in total. The van der Waals surface area contributed by atoms with E-state index in [1.54, 1.807) is 0 Å². The Morgan fingerprint density at radius 2 is 0.867 bits per heavy atom. The summed E-state index contributed by atoms with van der Waals surface area (Å²) in [6, 6.07) is 0. The molecule has 1 atom stereocenters. The minimum absolute atomic E-state index is 0.217. The van der Waals surface area contributed by atoms with Crippen LogP contribution in [0.5, 0.6) is 0 Å². The van der Waals surface area contributed by atoms with Crippen LogP contribution in [0.3, 0.4) is 0 Å². The standard InChI is InChI=1S/C40H71BrO2.C2H6/c1-3-5-7-9-11-13-15-17-19-21-23-25-27-29-31-33-35-40(42-38-39(37-41)43-40)36-34-32-30-28-26-24-22-20-18-16-14-12-10-8-6-4-2;1-2/h11-14,17-20,39H,3-10,15-16,21-38H2,1-2H3;1-2H3/b13-11-,14-12-,19-17-,20-18-;. The van der Waals surface area contributed by atoms with Gasteiger partial charge in [-0.1, -0.05) is 169 Å². The highest BCUT2D eigenvalue weighted by molar-refractivity contribution is 9.09. The fourth-order valence-corrected chi connectivity index (χ4v) is 6.16. The first-order chi connectivity index (χ1) is 22.3. The molecule has 0 spiro atoms. The molecule has 0 bridgehead atoms. The van der Waals surface area contributed by atoms with Crippen molar-refractivity contribution in [2.24, 2.45) is 0 Å². The molecule has 45 heavy (non-hydrogen) atoms. The van der Waals surface area contributed by atoms with E-state index >= 15 is 0 Å². The van der Waals surface area contributed by atoms with Gasteiger partial charge < -0.3 is 9.47 Å². The number of alkyl halides is 1. The number of hydrogen-bond donors (Lipinski definition) is 0. The van der Waals surface area contributed by atoms with Crippen molar-refractivity contribution in [3.8, 4) is 0 Å². The van der Waals surface area contributed by atoms with Gasteiger partial charge in [-0.25, -0.2) is 0 Å². The van der Waals surface area contributed by atoms with Crippen molar-refractivity contribution in [2.75, 3.05) is 11.9 Å². The van der Waals surface area contributed by atoms with Crippen molar-refractivity contribution in [1.29, 1.82) is 0 Å². The molecule has 0 aliphatic carbocycles. The van der Waals surface area contributed by atoms with Crippen LogP contribution in [0.1, 0.15) is 195 Å². The summed E-state index contributed by atoms with van der Waals surface area (Å²) in [6.07, 6.45) is 52.1.